The monoisotopic (exact) mass is 295 g/mol. The van der Waals surface area contributed by atoms with Gasteiger partial charge < -0.3 is 10.2 Å². The minimum Gasteiger partial charge on any atom is -0.481 e. The Morgan fingerprint density at radius 1 is 1.45 bits per heavy atom. The van der Waals surface area contributed by atoms with Crippen molar-refractivity contribution in [2.24, 2.45) is 0 Å². The van der Waals surface area contributed by atoms with Crippen LogP contribution in [0.15, 0.2) is 30.3 Å². The molecule has 0 aromatic heterocycles. The second-order valence-corrected chi connectivity index (χ2v) is 6.59. The molecule has 2 N–H and O–H groups in total. The molecule has 4 nitrogen and oxygen atoms in total. The first-order chi connectivity index (χ1) is 9.49. The number of β-amino-alcohol motifs (C(OH)–C–C–N with tert-alkyl or cyclic N) is 1. The quantitative estimate of drug-likeness (QED) is 0.867. The first-order valence-electron chi connectivity index (χ1n) is 6.80. The van der Waals surface area contributed by atoms with Gasteiger partial charge in [-0.1, -0.05) is 30.3 Å². The Kier molecular flexibility index (Phi) is 5.07. The molecule has 1 aromatic rings. The SMILES string of the molecule is CC(O)(CN1CCSCC1CC(=O)O)c1ccccc1. The van der Waals surface area contributed by atoms with E-state index in [9.17, 15) is 9.90 Å². The number of rotatable bonds is 5. The summed E-state index contributed by atoms with van der Waals surface area (Å²) >= 11 is 1.78. The van der Waals surface area contributed by atoms with Crippen molar-refractivity contribution < 1.29 is 15.0 Å². The van der Waals surface area contributed by atoms with Crippen LogP contribution in [0.5, 0.6) is 0 Å². The van der Waals surface area contributed by atoms with E-state index < -0.39 is 11.6 Å². The number of carboxylic acids is 1. The van der Waals surface area contributed by atoms with Gasteiger partial charge in [0.05, 0.1) is 12.0 Å². The molecule has 0 aliphatic carbocycles. The zero-order valence-corrected chi connectivity index (χ0v) is 12.5. The number of benzene rings is 1. The van der Waals surface area contributed by atoms with Gasteiger partial charge in [-0.05, 0) is 12.5 Å². The van der Waals surface area contributed by atoms with Crippen molar-refractivity contribution in [2.45, 2.75) is 25.0 Å². The average molecular weight is 295 g/mol. The third-order valence-corrected chi connectivity index (χ3v) is 4.76. The highest BCUT2D eigenvalue weighted by atomic mass is 32.2. The van der Waals surface area contributed by atoms with Gasteiger partial charge in [-0.2, -0.15) is 11.8 Å². The van der Waals surface area contributed by atoms with Gasteiger partial charge in [0, 0.05) is 30.6 Å². The topological polar surface area (TPSA) is 60.8 Å². The third kappa shape index (κ3) is 3.98. The molecule has 0 saturated carbocycles. The van der Waals surface area contributed by atoms with E-state index in [1.807, 2.05) is 30.3 Å². The van der Waals surface area contributed by atoms with Crippen LogP contribution in [0, 0.1) is 0 Å². The Bertz CT molecular complexity index is 450. The van der Waals surface area contributed by atoms with Gasteiger partial charge >= 0.3 is 5.97 Å². The van der Waals surface area contributed by atoms with Crippen LogP contribution in [0.1, 0.15) is 18.9 Å². The van der Waals surface area contributed by atoms with Crippen LogP contribution in [0.4, 0.5) is 0 Å². The van der Waals surface area contributed by atoms with Crippen molar-refractivity contribution in [1.29, 1.82) is 0 Å². The standard InChI is InChI=1S/C15H21NO3S/c1-15(19,12-5-3-2-4-6-12)11-16-7-8-20-10-13(16)9-14(17)18/h2-6,13,19H,7-11H2,1H3,(H,17,18). The highest BCUT2D eigenvalue weighted by Crippen LogP contribution is 2.26. The zero-order chi connectivity index (χ0) is 14.6. The summed E-state index contributed by atoms with van der Waals surface area (Å²) in [6.07, 6.45) is 0.137. The highest BCUT2D eigenvalue weighted by Gasteiger charge is 2.32. The summed E-state index contributed by atoms with van der Waals surface area (Å²) in [6, 6.07) is 9.55. The molecule has 0 spiro atoms. The number of hydrogen-bond donors (Lipinski definition) is 2. The Morgan fingerprint density at radius 2 is 2.15 bits per heavy atom. The van der Waals surface area contributed by atoms with E-state index in [0.29, 0.717) is 6.54 Å². The van der Waals surface area contributed by atoms with Crippen LogP contribution >= 0.6 is 11.8 Å². The fourth-order valence-electron chi connectivity index (χ4n) is 2.57. The first-order valence-corrected chi connectivity index (χ1v) is 7.96. The number of carbonyl (C=O) groups is 1. The van der Waals surface area contributed by atoms with Crippen molar-refractivity contribution in [1.82, 2.24) is 4.90 Å². The summed E-state index contributed by atoms with van der Waals surface area (Å²) in [4.78, 5) is 13.1. The Morgan fingerprint density at radius 3 is 2.80 bits per heavy atom. The maximum atomic E-state index is 11.0. The minimum atomic E-state index is -0.958. The lowest BCUT2D eigenvalue weighted by Crippen LogP contribution is -2.49. The van der Waals surface area contributed by atoms with E-state index >= 15 is 0 Å². The first kappa shape index (κ1) is 15.4. The number of hydrogen-bond acceptors (Lipinski definition) is 4. The predicted octanol–water partition coefficient (Wildman–Crippen LogP) is 1.79. The van der Waals surface area contributed by atoms with Crippen molar-refractivity contribution in [3.63, 3.8) is 0 Å². The van der Waals surface area contributed by atoms with E-state index in [1.165, 1.54) is 0 Å². The minimum absolute atomic E-state index is 0.00133. The van der Waals surface area contributed by atoms with Crippen LogP contribution in [-0.4, -0.2) is 51.7 Å². The molecule has 2 unspecified atom stereocenters. The predicted molar refractivity (Wildman–Crippen MR) is 81.0 cm³/mol. The van der Waals surface area contributed by atoms with Crippen molar-refractivity contribution in [3.8, 4) is 0 Å². The number of aliphatic carboxylic acids is 1. The molecule has 0 radical (unpaired) electrons. The number of aliphatic hydroxyl groups is 1. The van der Waals surface area contributed by atoms with E-state index in [-0.39, 0.29) is 12.5 Å². The lowest BCUT2D eigenvalue weighted by Gasteiger charge is -2.39. The summed E-state index contributed by atoms with van der Waals surface area (Å²) in [5, 5.41) is 19.7. The maximum absolute atomic E-state index is 11.0. The summed E-state index contributed by atoms with van der Waals surface area (Å²) in [5.74, 6) is 1.03. The Hall–Kier alpha value is -1.04. The second kappa shape index (κ2) is 6.61. The van der Waals surface area contributed by atoms with E-state index in [4.69, 9.17) is 5.11 Å². The van der Waals surface area contributed by atoms with Crippen LogP contribution in [0.3, 0.4) is 0 Å². The summed E-state index contributed by atoms with van der Waals surface area (Å²) < 4.78 is 0. The fourth-order valence-corrected chi connectivity index (χ4v) is 3.70. The van der Waals surface area contributed by atoms with E-state index in [0.717, 1.165) is 23.6 Å². The molecule has 0 bridgehead atoms. The van der Waals surface area contributed by atoms with Gasteiger partial charge in [-0.25, -0.2) is 0 Å². The van der Waals surface area contributed by atoms with Gasteiger partial charge in [0.25, 0.3) is 0 Å². The van der Waals surface area contributed by atoms with Gasteiger partial charge in [0.2, 0.25) is 0 Å². The molecule has 5 heteroatoms. The lowest BCUT2D eigenvalue weighted by molar-refractivity contribution is -0.138. The fraction of sp³-hybridized carbons (Fsp3) is 0.533. The van der Waals surface area contributed by atoms with Crippen LogP contribution in [0.25, 0.3) is 0 Å². The van der Waals surface area contributed by atoms with Crippen molar-refractivity contribution in [3.05, 3.63) is 35.9 Å². The average Bonchev–Trinajstić information content (AvgIpc) is 2.41. The molecular weight excluding hydrogens is 274 g/mol. The van der Waals surface area contributed by atoms with Gasteiger partial charge in [-0.3, -0.25) is 9.69 Å². The molecule has 0 amide bonds. The highest BCUT2D eigenvalue weighted by molar-refractivity contribution is 7.99. The Labute approximate surface area is 123 Å². The molecule has 1 saturated heterocycles. The molecule has 1 fully saturated rings. The number of thioether (sulfide) groups is 1. The molecule has 1 aliphatic heterocycles. The molecule has 1 aromatic carbocycles. The number of carboxylic acid groups (broad SMARTS) is 1. The van der Waals surface area contributed by atoms with Crippen LogP contribution in [0.2, 0.25) is 0 Å². The molecule has 2 atom stereocenters. The van der Waals surface area contributed by atoms with Crippen LogP contribution < -0.4 is 0 Å². The van der Waals surface area contributed by atoms with Crippen molar-refractivity contribution >= 4 is 17.7 Å². The molecular formula is C15H21NO3S. The van der Waals surface area contributed by atoms with E-state index in [1.54, 1.807) is 18.7 Å². The second-order valence-electron chi connectivity index (χ2n) is 5.44. The van der Waals surface area contributed by atoms with Crippen LogP contribution in [-0.2, 0) is 10.4 Å². The third-order valence-electron chi connectivity index (χ3n) is 3.67. The molecule has 1 aliphatic rings. The summed E-state index contributed by atoms with van der Waals surface area (Å²) in [5.41, 5.74) is -0.0904. The molecule has 1 heterocycles. The van der Waals surface area contributed by atoms with E-state index in [2.05, 4.69) is 4.90 Å². The van der Waals surface area contributed by atoms with Gasteiger partial charge in [0.15, 0.2) is 0 Å². The molecule has 20 heavy (non-hydrogen) atoms. The summed E-state index contributed by atoms with van der Waals surface area (Å²) in [6.45, 7) is 3.09. The zero-order valence-electron chi connectivity index (χ0n) is 11.7. The number of nitrogens with zero attached hydrogens (tertiary/aromatic N) is 1. The molecule has 110 valence electrons. The molecule has 2 rings (SSSR count). The summed E-state index contributed by atoms with van der Waals surface area (Å²) in [7, 11) is 0. The Balaban J connectivity index is 2.07. The smallest absolute Gasteiger partial charge is 0.304 e. The largest absolute Gasteiger partial charge is 0.481 e. The van der Waals surface area contributed by atoms with Gasteiger partial charge in [-0.15, -0.1) is 0 Å². The van der Waals surface area contributed by atoms with Gasteiger partial charge in [0.1, 0.15) is 0 Å². The lowest BCUT2D eigenvalue weighted by atomic mass is 9.94. The van der Waals surface area contributed by atoms with Crippen molar-refractivity contribution in [2.75, 3.05) is 24.6 Å². The maximum Gasteiger partial charge on any atom is 0.304 e. The normalized spacial score (nSPS) is 23.2.